The fourth-order valence-electron chi connectivity index (χ4n) is 2.66. The van der Waals surface area contributed by atoms with Crippen molar-refractivity contribution < 1.29 is 9.15 Å². The average molecular weight is 375 g/mol. The zero-order valence-electron chi connectivity index (χ0n) is 14.2. The van der Waals surface area contributed by atoms with E-state index in [2.05, 4.69) is 16.4 Å². The second kappa shape index (κ2) is 6.94. The van der Waals surface area contributed by atoms with Crippen LogP contribution in [0.3, 0.4) is 0 Å². The summed E-state index contributed by atoms with van der Waals surface area (Å²) in [5.74, 6) is 0.512. The molecule has 0 aliphatic rings. The molecular weight excluding hydrogens is 362 g/mol. The molecule has 7 heteroatoms. The monoisotopic (exact) mass is 375 g/mol. The molecule has 2 heterocycles. The third-order valence-corrected chi connectivity index (χ3v) is 4.75. The Kier molecular flexibility index (Phi) is 4.32. The van der Waals surface area contributed by atoms with E-state index in [-0.39, 0.29) is 0 Å². The van der Waals surface area contributed by atoms with Crippen molar-refractivity contribution in [3.8, 4) is 23.1 Å². The Morgan fingerprint density at radius 3 is 2.78 bits per heavy atom. The van der Waals surface area contributed by atoms with E-state index in [4.69, 9.17) is 14.4 Å². The molecule has 0 aliphatic carbocycles. The minimum Gasteiger partial charge on any atom is -0.493 e. The maximum Gasteiger partial charge on any atom is 0.345 e. The Bertz CT molecular complexity index is 1220. The lowest BCUT2D eigenvalue weighted by Gasteiger charge is -2.04. The molecule has 4 rings (SSSR count). The standard InChI is InChI=1S/C20H13N3O3S/c1-25-17-4-2-3-13-9-15(19(24)26-18(13)17)16-11-27-20(23-16)22-14-7-5-12(10-21)6-8-14/h2-9,11H,1H3,(H,22,23). The normalized spacial score (nSPS) is 10.5. The highest BCUT2D eigenvalue weighted by Crippen LogP contribution is 2.30. The van der Waals surface area contributed by atoms with Crippen molar-refractivity contribution in [1.82, 2.24) is 4.98 Å². The molecule has 0 saturated carbocycles. The molecule has 4 aromatic rings. The van der Waals surface area contributed by atoms with Gasteiger partial charge in [-0.3, -0.25) is 0 Å². The second-order valence-electron chi connectivity index (χ2n) is 5.68. The smallest absolute Gasteiger partial charge is 0.345 e. The summed E-state index contributed by atoms with van der Waals surface area (Å²) in [5.41, 5.74) is 2.27. The molecule has 0 bridgehead atoms. The lowest BCUT2D eigenvalue weighted by molar-refractivity contribution is 0.407. The van der Waals surface area contributed by atoms with Crippen LogP contribution in [-0.2, 0) is 0 Å². The van der Waals surface area contributed by atoms with Crippen LogP contribution in [0.15, 0.2) is 63.1 Å². The van der Waals surface area contributed by atoms with E-state index >= 15 is 0 Å². The summed E-state index contributed by atoms with van der Waals surface area (Å²) in [6, 6.07) is 16.3. The van der Waals surface area contributed by atoms with Gasteiger partial charge in [-0.25, -0.2) is 9.78 Å². The number of aromatic nitrogens is 1. The Hall–Kier alpha value is -3.63. The summed E-state index contributed by atoms with van der Waals surface area (Å²) in [6.07, 6.45) is 0. The minimum atomic E-state index is -0.470. The van der Waals surface area contributed by atoms with Gasteiger partial charge in [0, 0.05) is 16.5 Å². The van der Waals surface area contributed by atoms with Gasteiger partial charge in [-0.2, -0.15) is 5.26 Å². The Labute approximate surface area is 158 Å². The molecule has 0 saturated heterocycles. The number of hydrogen-bond acceptors (Lipinski definition) is 7. The number of benzene rings is 2. The Morgan fingerprint density at radius 1 is 1.22 bits per heavy atom. The predicted molar refractivity (Wildman–Crippen MR) is 105 cm³/mol. The number of hydrogen-bond donors (Lipinski definition) is 1. The van der Waals surface area contributed by atoms with E-state index in [1.165, 1.54) is 18.4 Å². The largest absolute Gasteiger partial charge is 0.493 e. The minimum absolute atomic E-state index is 0.389. The van der Waals surface area contributed by atoms with Crippen molar-refractivity contribution >= 4 is 33.1 Å². The number of thiazole rings is 1. The Balaban J connectivity index is 1.67. The third-order valence-electron chi connectivity index (χ3n) is 3.99. The quantitative estimate of drug-likeness (QED) is 0.527. The van der Waals surface area contributed by atoms with Crippen molar-refractivity contribution in [2.45, 2.75) is 0 Å². The van der Waals surface area contributed by atoms with Crippen LogP contribution < -0.4 is 15.7 Å². The number of para-hydroxylation sites is 1. The number of fused-ring (bicyclic) bond motifs is 1. The van der Waals surface area contributed by atoms with Crippen LogP contribution in [0, 0.1) is 11.3 Å². The van der Waals surface area contributed by atoms with Gasteiger partial charge in [-0.15, -0.1) is 11.3 Å². The summed E-state index contributed by atoms with van der Waals surface area (Å²) in [4.78, 5) is 16.9. The molecule has 6 nitrogen and oxygen atoms in total. The van der Waals surface area contributed by atoms with Gasteiger partial charge in [-0.05, 0) is 36.4 Å². The zero-order chi connectivity index (χ0) is 18.8. The first-order chi connectivity index (χ1) is 13.2. The van der Waals surface area contributed by atoms with Crippen molar-refractivity contribution in [2.75, 3.05) is 12.4 Å². The molecule has 0 radical (unpaired) electrons. The van der Waals surface area contributed by atoms with Crippen molar-refractivity contribution in [3.05, 3.63) is 69.9 Å². The SMILES string of the molecule is COc1cccc2cc(-c3csc(Nc4ccc(C#N)cc4)n3)c(=O)oc12. The van der Waals surface area contributed by atoms with Gasteiger partial charge in [0.15, 0.2) is 16.5 Å². The highest BCUT2D eigenvalue weighted by Gasteiger charge is 2.13. The van der Waals surface area contributed by atoms with E-state index in [1.54, 1.807) is 41.8 Å². The number of nitrogens with one attached hydrogen (secondary N) is 1. The molecule has 0 aliphatic heterocycles. The van der Waals surface area contributed by atoms with Gasteiger partial charge < -0.3 is 14.5 Å². The molecule has 0 fully saturated rings. The lowest BCUT2D eigenvalue weighted by Crippen LogP contribution is -2.03. The molecule has 132 valence electrons. The second-order valence-corrected chi connectivity index (χ2v) is 6.54. The fourth-order valence-corrected chi connectivity index (χ4v) is 3.39. The third kappa shape index (κ3) is 3.26. The van der Waals surface area contributed by atoms with Crippen LogP contribution in [-0.4, -0.2) is 12.1 Å². The predicted octanol–water partition coefficient (Wildman–Crippen LogP) is 4.54. The number of methoxy groups -OCH3 is 1. The van der Waals surface area contributed by atoms with Crippen LogP contribution in [0.25, 0.3) is 22.2 Å². The van der Waals surface area contributed by atoms with Crippen LogP contribution >= 0.6 is 11.3 Å². The highest BCUT2D eigenvalue weighted by atomic mass is 32.1. The number of ether oxygens (including phenoxy) is 1. The van der Waals surface area contributed by atoms with Gasteiger partial charge in [0.25, 0.3) is 0 Å². The van der Waals surface area contributed by atoms with Gasteiger partial charge in [-0.1, -0.05) is 12.1 Å². The first-order valence-corrected chi connectivity index (χ1v) is 8.90. The first kappa shape index (κ1) is 16.8. The van der Waals surface area contributed by atoms with Gasteiger partial charge in [0.2, 0.25) is 0 Å². The van der Waals surface area contributed by atoms with Crippen LogP contribution in [0.2, 0.25) is 0 Å². The maximum atomic E-state index is 12.4. The van der Waals surface area contributed by atoms with Crippen LogP contribution in [0.5, 0.6) is 5.75 Å². The maximum absolute atomic E-state index is 12.4. The summed E-state index contributed by atoms with van der Waals surface area (Å²) in [7, 11) is 1.53. The first-order valence-electron chi connectivity index (χ1n) is 8.02. The molecule has 27 heavy (non-hydrogen) atoms. The topological polar surface area (TPSA) is 88.1 Å². The number of nitriles is 1. The van der Waals surface area contributed by atoms with E-state index < -0.39 is 5.63 Å². The highest BCUT2D eigenvalue weighted by molar-refractivity contribution is 7.14. The molecule has 1 N–H and O–H groups in total. The van der Waals surface area contributed by atoms with Gasteiger partial charge in [0.1, 0.15) is 0 Å². The van der Waals surface area contributed by atoms with E-state index in [0.29, 0.717) is 33.3 Å². The van der Waals surface area contributed by atoms with Gasteiger partial charge >= 0.3 is 5.63 Å². The number of nitrogens with zero attached hydrogens (tertiary/aromatic N) is 2. The van der Waals surface area contributed by atoms with Gasteiger partial charge in [0.05, 0.1) is 30.0 Å². The lowest BCUT2D eigenvalue weighted by atomic mass is 10.1. The van der Waals surface area contributed by atoms with E-state index in [1.807, 2.05) is 12.1 Å². The summed E-state index contributed by atoms with van der Waals surface area (Å²) in [5, 5.41) is 15.2. The summed E-state index contributed by atoms with van der Waals surface area (Å²) >= 11 is 1.38. The molecule has 0 unspecified atom stereocenters. The molecule has 2 aromatic heterocycles. The summed E-state index contributed by atoms with van der Waals surface area (Å²) < 4.78 is 10.7. The van der Waals surface area contributed by atoms with Crippen molar-refractivity contribution in [2.24, 2.45) is 0 Å². The number of anilines is 2. The van der Waals surface area contributed by atoms with Crippen molar-refractivity contribution in [3.63, 3.8) is 0 Å². The fraction of sp³-hybridized carbons (Fsp3) is 0.0500. The zero-order valence-corrected chi connectivity index (χ0v) is 15.0. The van der Waals surface area contributed by atoms with E-state index in [9.17, 15) is 4.79 Å². The molecule has 0 amide bonds. The number of rotatable bonds is 4. The van der Waals surface area contributed by atoms with Crippen LogP contribution in [0.4, 0.5) is 10.8 Å². The summed E-state index contributed by atoms with van der Waals surface area (Å²) in [6.45, 7) is 0. The molecular formula is C20H13N3O3S. The molecule has 2 aromatic carbocycles. The van der Waals surface area contributed by atoms with Crippen LogP contribution in [0.1, 0.15) is 5.56 Å². The Morgan fingerprint density at radius 2 is 2.04 bits per heavy atom. The molecule has 0 spiro atoms. The van der Waals surface area contributed by atoms with Crippen molar-refractivity contribution in [1.29, 1.82) is 5.26 Å². The average Bonchev–Trinajstić information content (AvgIpc) is 3.16. The van der Waals surface area contributed by atoms with E-state index in [0.717, 1.165) is 11.1 Å². The molecule has 0 atom stereocenters.